The van der Waals surface area contributed by atoms with Crippen LogP contribution >= 0.6 is 0 Å². The smallest absolute Gasteiger partial charge is 0.147 e. The van der Waals surface area contributed by atoms with E-state index in [0.29, 0.717) is 12.3 Å². The lowest BCUT2D eigenvalue weighted by Crippen LogP contribution is -2.36. The van der Waals surface area contributed by atoms with Crippen molar-refractivity contribution in [3.05, 3.63) is 0 Å². The van der Waals surface area contributed by atoms with Crippen LogP contribution in [0.4, 0.5) is 0 Å². The van der Waals surface area contributed by atoms with Crippen molar-refractivity contribution in [1.82, 2.24) is 0 Å². The first kappa shape index (κ1) is 15.0. The fourth-order valence-corrected chi connectivity index (χ4v) is 3.75. The minimum absolute atomic E-state index is 0.104. The monoisotopic (exact) mass is 261 g/mol. The van der Waals surface area contributed by atoms with Crippen molar-refractivity contribution in [2.45, 2.75) is 51.9 Å². The van der Waals surface area contributed by atoms with Crippen molar-refractivity contribution in [2.75, 3.05) is 18.6 Å². The zero-order valence-corrected chi connectivity index (χ0v) is 12.1. The van der Waals surface area contributed by atoms with Gasteiger partial charge in [0.2, 0.25) is 0 Å². The van der Waals surface area contributed by atoms with E-state index >= 15 is 0 Å². The van der Waals surface area contributed by atoms with E-state index in [2.05, 4.69) is 6.92 Å². The van der Waals surface area contributed by atoms with Crippen molar-refractivity contribution in [3.63, 3.8) is 0 Å². The largest absolute Gasteiger partial charge is 0.330 e. The van der Waals surface area contributed by atoms with Gasteiger partial charge in [-0.05, 0) is 50.0 Å². The van der Waals surface area contributed by atoms with E-state index in [1.165, 1.54) is 31.9 Å². The minimum atomic E-state index is -2.85. The molecule has 1 aliphatic carbocycles. The Morgan fingerprint density at radius 1 is 1.29 bits per heavy atom. The van der Waals surface area contributed by atoms with Crippen LogP contribution in [-0.2, 0) is 9.84 Å². The summed E-state index contributed by atoms with van der Waals surface area (Å²) in [7, 11) is -2.85. The number of hydrogen-bond donors (Lipinski definition) is 1. The number of hydrogen-bond acceptors (Lipinski definition) is 3. The van der Waals surface area contributed by atoms with E-state index in [0.717, 1.165) is 25.2 Å². The van der Waals surface area contributed by atoms with E-state index in [1.54, 1.807) is 0 Å². The summed E-state index contributed by atoms with van der Waals surface area (Å²) >= 11 is 0. The molecular formula is C13H27NO2S. The van der Waals surface area contributed by atoms with E-state index < -0.39 is 9.84 Å². The van der Waals surface area contributed by atoms with Crippen molar-refractivity contribution in [3.8, 4) is 0 Å². The van der Waals surface area contributed by atoms with Gasteiger partial charge in [0.15, 0.2) is 0 Å². The minimum Gasteiger partial charge on any atom is -0.330 e. The van der Waals surface area contributed by atoms with Gasteiger partial charge in [-0.1, -0.05) is 19.8 Å². The first-order valence-electron chi connectivity index (χ1n) is 6.78. The molecule has 0 aromatic rings. The molecule has 2 N–H and O–H groups in total. The lowest BCUT2D eigenvalue weighted by Gasteiger charge is -2.39. The molecule has 1 saturated carbocycles. The maximum absolute atomic E-state index is 11.3. The third-order valence-corrected chi connectivity index (χ3v) is 5.24. The Bertz CT molecular complexity index is 316. The highest BCUT2D eigenvalue weighted by molar-refractivity contribution is 7.90. The molecule has 4 heteroatoms. The van der Waals surface area contributed by atoms with Crippen LogP contribution in [-0.4, -0.2) is 27.0 Å². The van der Waals surface area contributed by atoms with Gasteiger partial charge < -0.3 is 5.73 Å². The molecule has 0 saturated heterocycles. The number of rotatable bonds is 6. The molecule has 3 nitrogen and oxygen atoms in total. The summed E-state index contributed by atoms with van der Waals surface area (Å²) in [5, 5.41) is 0. The van der Waals surface area contributed by atoms with Gasteiger partial charge in [0, 0.05) is 6.26 Å². The molecule has 1 fully saturated rings. The highest BCUT2D eigenvalue weighted by atomic mass is 32.2. The second kappa shape index (κ2) is 6.19. The molecule has 0 radical (unpaired) electrons. The van der Waals surface area contributed by atoms with Crippen LogP contribution in [0.3, 0.4) is 0 Å². The Kier molecular flexibility index (Phi) is 5.45. The number of sulfone groups is 1. The Labute approximate surface area is 106 Å². The molecule has 0 aliphatic heterocycles. The second-order valence-electron chi connectivity index (χ2n) is 5.82. The van der Waals surface area contributed by atoms with Crippen molar-refractivity contribution < 1.29 is 8.42 Å². The molecule has 0 atom stereocenters. The van der Waals surface area contributed by atoms with Gasteiger partial charge in [-0.3, -0.25) is 0 Å². The summed E-state index contributed by atoms with van der Waals surface area (Å²) in [4.78, 5) is 0. The average Bonchev–Trinajstić information content (AvgIpc) is 2.28. The van der Waals surface area contributed by atoms with E-state index in [1.807, 2.05) is 0 Å². The molecule has 0 heterocycles. The average molecular weight is 261 g/mol. The molecule has 0 aromatic heterocycles. The van der Waals surface area contributed by atoms with Gasteiger partial charge in [0.05, 0.1) is 5.75 Å². The summed E-state index contributed by atoms with van der Waals surface area (Å²) in [5.41, 5.74) is 6.00. The summed E-state index contributed by atoms with van der Waals surface area (Å²) in [6, 6.07) is 0. The standard InChI is InChI=1S/C13H27NO2S/c1-3-4-12-5-7-13(11-14,8-6-12)9-10-17(2,15)16/h12H,3-11,14H2,1-2H3. The summed E-state index contributed by atoms with van der Waals surface area (Å²) in [6.07, 6.45) is 9.33. The topological polar surface area (TPSA) is 60.2 Å². The molecule has 0 bridgehead atoms. The maximum Gasteiger partial charge on any atom is 0.147 e. The lowest BCUT2D eigenvalue weighted by molar-refractivity contribution is 0.147. The molecule has 0 aromatic carbocycles. The third-order valence-electron chi connectivity index (χ3n) is 4.30. The van der Waals surface area contributed by atoms with Crippen LogP contribution in [0, 0.1) is 11.3 Å². The molecular weight excluding hydrogens is 234 g/mol. The number of nitrogens with two attached hydrogens (primary N) is 1. The van der Waals surface area contributed by atoms with E-state index in [9.17, 15) is 8.42 Å². The molecule has 0 unspecified atom stereocenters. The summed E-state index contributed by atoms with van der Waals surface area (Å²) in [5.74, 6) is 1.14. The summed E-state index contributed by atoms with van der Waals surface area (Å²) < 4.78 is 22.5. The van der Waals surface area contributed by atoms with Crippen molar-refractivity contribution in [2.24, 2.45) is 17.1 Å². The lowest BCUT2D eigenvalue weighted by atomic mass is 9.68. The maximum atomic E-state index is 11.3. The summed E-state index contributed by atoms with van der Waals surface area (Å²) in [6.45, 7) is 2.87. The third kappa shape index (κ3) is 4.96. The predicted molar refractivity (Wildman–Crippen MR) is 72.7 cm³/mol. The molecule has 17 heavy (non-hydrogen) atoms. The Morgan fingerprint density at radius 2 is 1.88 bits per heavy atom. The van der Waals surface area contributed by atoms with Gasteiger partial charge in [0.1, 0.15) is 9.84 Å². The highest BCUT2D eigenvalue weighted by Gasteiger charge is 2.34. The molecule has 0 amide bonds. The SMILES string of the molecule is CCCC1CCC(CN)(CCS(C)(=O)=O)CC1. The van der Waals surface area contributed by atoms with E-state index in [4.69, 9.17) is 5.73 Å². The highest BCUT2D eigenvalue weighted by Crippen LogP contribution is 2.42. The van der Waals surface area contributed by atoms with Gasteiger partial charge in [-0.25, -0.2) is 8.42 Å². The van der Waals surface area contributed by atoms with Crippen LogP contribution in [0.2, 0.25) is 0 Å². The van der Waals surface area contributed by atoms with E-state index in [-0.39, 0.29) is 5.41 Å². The predicted octanol–water partition coefficient (Wildman–Crippen LogP) is 2.36. The normalized spacial score (nSPS) is 30.4. The van der Waals surface area contributed by atoms with Crippen LogP contribution < -0.4 is 5.73 Å². The van der Waals surface area contributed by atoms with Crippen LogP contribution in [0.1, 0.15) is 51.9 Å². The fraction of sp³-hybridized carbons (Fsp3) is 1.00. The van der Waals surface area contributed by atoms with Gasteiger partial charge in [0.25, 0.3) is 0 Å². The van der Waals surface area contributed by atoms with Crippen LogP contribution in [0.25, 0.3) is 0 Å². The molecule has 0 spiro atoms. The quantitative estimate of drug-likeness (QED) is 0.798. The zero-order chi connectivity index (χ0) is 12.9. The first-order valence-corrected chi connectivity index (χ1v) is 8.85. The molecule has 1 aliphatic rings. The zero-order valence-electron chi connectivity index (χ0n) is 11.2. The Hall–Kier alpha value is -0.0900. The Morgan fingerprint density at radius 3 is 2.29 bits per heavy atom. The Balaban J connectivity index is 2.49. The van der Waals surface area contributed by atoms with Crippen molar-refractivity contribution >= 4 is 9.84 Å². The molecule has 1 rings (SSSR count). The second-order valence-corrected chi connectivity index (χ2v) is 8.08. The van der Waals surface area contributed by atoms with Crippen LogP contribution in [0.5, 0.6) is 0 Å². The molecule has 102 valence electrons. The van der Waals surface area contributed by atoms with Crippen LogP contribution in [0.15, 0.2) is 0 Å². The van der Waals surface area contributed by atoms with Gasteiger partial charge >= 0.3 is 0 Å². The first-order chi connectivity index (χ1) is 7.91. The van der Waals surface area contributed by atoms with Gasteiger partial charge in [-0.15, -0.1) is 0 Å². The fourth-order valence-electron chi connectivity index (χ4n) is 2.94. The van der Waals surface area contributed by atoms with Crippen molar-refractivity contribution in [1.29, 1.82) is 0 Å². The van der Waals surface area contributed by atoms with Gasteiger partial charge in [-0.2, -0.15) is 0 Å².